The number of nitrogens with one attached hydrogen (secondary N) is 1. The molecule has 7 heteroatoms. The van der Waals surface area contributed by atoms with Gasteiger partial charge in [0.15, 0.2) is 6.61 Å². The van der Waals surface area contributed by atoms with Crippen LogP contribution in [0.15, 0.2) is 66.7 Å². The molecular formula is C24H22N2O5. The van der Waals surface area contributed by atoms with Gasteiger partial charge in [-0.05, 0) is 23.6 Å². The molecule has 1 fully saturated rings. The molecule has 0 radical (unpaired) electrons. The first-order chi connectivity index (χ1) is 15.1. The number of anilines is 2. The first kappa shape index (κ1) is 20.4. The lowest BCUT2D eigenvalue weighted by atomic mass is 10.1. The fourth-order valence-corrected chi connectivity index (χ4v) is 3.73. The summed E-state index contributed by atoms with van der Waals surface area (Å²) in [7, 11) is 1.50. The maximum atomic E-state index is 12.6. The Kier molecular flexibility index (Phi) is 5.84. The van der Waals surface area contributed by atoms with E-state index in [2.05, 4.69) is 5.32 Å². The number of amides is 2. The number of carbonyl (C=O) groups is 3. The number of rotatable bonds is 6. The van der Waals surface area contributed by atoms with E-state index in [0.29, 0.717) is 11.4 Å². The molecule has 3 aromatic rings. The van der Waals surface area contributed by atoms with E-state index < -0.39 is 24.4 Å². The van der Waals surface area contributed by atoms with Crippen molar-refractivity contribution in [2.75, 3.05) is 30.5 Å². The van der Waals surface area contributed by atoms with E-state index in [0.717, 1.165) is 16.5 Å². The molecule has 0 aliphatic carbocycles. The number of para-hydroxylation sites is 2. The van der Waals surface area contributed by atoms with Crippen molar-refractivity contribution in [3.05, 3.63) is 66.7 Å². The maximum absolute atomic E-state index is 12.6. The van der Waals surface area contributed by atoms with Crippen LogP contribution in [0.25, 0.3) is 10.8 Å². The van der Waals surface area contributed by atoms with Crippen molar-refractivity contribution in [1.29, 1.82) is 0 Å². The van der Waals surface area contributed by atoms with Gasteiger partial charge in [0.05, 0.1) is 24.4 Å². The lowest BCUT2D eigenvalue weighted by molar-refractivity contribution is -0.151. The molecule has 158 valence electrons. The molecule has 1 saturated heterocycles. The SMILES string of the molecule is COc1ccccc1NC(=O)COC(=O)[C@H]1CC(=O)N(c2cccc3ccccc23)C1. The van der Waals surface area contributed by atoms with E-state index in [9.17, 15) is 14.4 Å². The van der Waals surface area contributed by atoms with E-state index in [1.807, 2.05) is 42.5 Å². The Labute approximate surface area is 179 Å². The zero-order chi connectivity index (χ0) is 21.8. The van der Waals surface area contributed by atoms with E-state index in [4.69, 9.17) is 9.47 Å². The van der Waals surface area contributed by atoms with Gasteiger partial charge in [-0.3, -0.25) is 14.4 Å². The van der Waals surface area contributed by atoms with Gasteiger partial charge in [-0.1, -0.05) is 48.5 Å². The van der Waals surface area contributed by atoms with Crippen molar-refractivity contribution in [1.82, 2.24) is 0 Å². The van der Waals surface area contributed by atoms with Gasteiger partial charge in [-0.2, -0.15) is 0 Å². The number of ether oxygens (including phenoxy) is 2. The fraction of sp³-hybridized carbons (Fsp3) is 0.208. The first-order valence-corrected chi connectivity index (χ1v) is 9.94. The molecule has 2 amide bonds. The van der Waals surface area contributed by atoms with Gasteiger partial charge in [0.1, 0.15) is 5.75 Å². The minimum atomic E-state index is -0.620. The second kappa shape index (κ2) is 8.87. The van der Waals surface area contributed by atoms with E-state index in [1.54, 1.807) is 29.2 Å². The van der Waals surface area contributed by atoms with Gasteiger partial charge in [-0.15, -0.1) is 0 Å². The van der Waals surface area contributed by atoms with Crippen LogP contribution in [0.1, 0.15) is 6.42 Å². The predicted molar refractivity (Wildman–Crippen MR) is 117 cm³/mol. The Balaban J connectivity index is 1.38. The molecule has 1 atom stereocenters. The molecule has 0 spiro atoms. The Morgan fingerprint density at radius 2 is 1.77 bits per heavy atom. The van der Waals surface area contributed by atoms with Crippen LogP contribution in [-0.2, 0) is 19.1 Å². The molecule has 0 bridgehead atoms. The van der Waals surface area contributed by atoms with Crippen LogP contribution in [-0.4, -0.2) is 38.0 Å². The first-order valence-electron chi connectivity index (χ1n) is 9.94. The van der Waals surface area contributed by atoms with Crippen LogP contribution >= 0.6 is 0 Å². The molecule has 0 saturated carbocycles. The summed E-state index contributed by atoms with van der Waals surface area (Å²) < 4.78 is 10.4. The Morgan fingerprint density at radius 3 is 2.61 bits per heavy atom. The summed E-state index contributed by atoms with van der Waals surface area (Å²) >= 11 is 0. The van der Waals surface area contributed by atoms with Gasteiger partial charge in [0, 0.05) is 18.4 Å². The molecule has 4 rings (SSSR count). The monoisotopic (exact) mass is 418 g/mol. The van der Waals surface area contributed by atoms with Crippen molar-refractivity contribution in [2.24, 2.45) is 5.92 Å². The summed E-state index contributed by atoms with van der Waals surface area (Å²) in [5, 5.41) is 4.62. The zero-order valence-electron chi connectivity index (χ0n) is 17.0. The summed E-state index contributed by atoms with van der Waals surface area (Å²) in [4.78, 5) is 38.9. The van der Waals surface area contributed by atoms with Crippen molar-refractivity contribution < 1.29 is 23.9 Å². The normalized spacial score (nSPS) is 15.7. The summed E-state index contributed by atoms with van der Waals surface area (Å²) in [5.41, 5.74) is 1.26. The Hall–Kier alpha value is -3.87. The van der Waals surface area contributed by atoms with Gasteiger partial charge in [0.2, 0.25) is 5.91 Å². The third-order valence-corrected chi connectivity index (χ3v) is 5.24. The third-order valence-electron chi connectivity index (χ3n) is 5.24. The molecule has 7 nitrogen and oxygen atoms in total. The number of hydrogen-bond acceptors (Lipinski definition) is 5. The van der Waals surface area contributed by atoms with Crippen molar-refractivity contribution in [3.63, 3.8) is 0 Å². The van der Waals surface area contributed by atoms with Crippen LogP contribution in [0, 0.1) is 5.92 Å². The van der Waals surface area contributed by atoms with Gasteiger partial charge in [-0.25, -0.2) is 0 Å². The highest BCUT2D eigenvalue weighted by Gasteiger charge is 2.36. The Bertz CT molecular complexity index is 1140. The van der Waals surface area contributed by atoms with Crippen LogP contribution in [0.4, 0.5) is 11.4 Å². The number of benzene rings is 3. The minimum absolute atomic E-state index is 0.0518. The lowest BCUT2D eigenvalue weighted by Gasteiger charge is -2.18. The minimum Gasteiger partial charge on any atom is -0.495 e. The highest BCUT2D eigenvalue weighted by atomic mass is 16.5. The molecule has 0 aromatic heterocycles. The van der Waals surface area contributed by atoms with Crippen molar-refractivity contribution >= 4 is 39.9 Å². The van der Waals surface area contributed by atoms with Crippen LogP contribution in [0.2, 0.25) is 0 Å². The number of fused-ring (bicyclic) bond motifs is 1. The molecule has 1 N–H and O–H groups in total. The highest BCUT2D eigenvalue weighted by Crippen LogP contribution is 2.32. The van der Waals surface area contributed by atoms with E-state index in [-0.39, 0.29) is 18.9 Å². The zero-order valence-corrected chi connectivity index (χ0v) is 17.0. The number of hydrogen-bond donors (Lipinski definition) is 1. The number of methoxy groups -OCH3 is 1. The largest absolute Gasteiger partial charge is 0.495 e. The predicted octanol–water partition coefficient (Wildman–Crippen LogP) is 3.38. The maximum Gasteiger partial charge on any atom is 0.311 e. The van der Waals surface area contributed by atoms with Crippen molar-refractivity contribution in [3.8, 4) is 5.75 Å². The molecule has 1 aliphatic heterocycles. The molecular weight excluding hydrogens is 396 g/mol. The van der Waals surface area contributed by atoms with E-state index >= 15 is 0 Å². The van der Waals surface area contributed by atoms with Crippen molar-refractivity contribution in [2.45, 2.75) is 6.42 Å². The average molecular weight is 418 g/mol. The van der Waals surface area contributed by atoms with Crippen LogP contribution < -0.4 is 15.0 Å². The summed E-state index contributed by atoms with van der Waals surface area (Å²) in [6, 6.07) is 20.5. The molecule has 31 heavy (non-hydrogen) atoms. The molecule has 0 unspecified atom stereocenters. The van der Waals surface area contributed by atoms with Gasteiger partial charge in [0.25, 0.3) is 5.91 Å². The Morgan fingerprint density at radius 1 is 1.03 bits per heavy atom. The van der Waals surface area contributed by atoms with Gasteiger partial charge < -0.3 is 19.7 Å². The average Bonchev–Trinajstić information content (AvgIpc) is 3.19. The highest BCUT2D eigenvalue weighted by molar-refractivity contribution is 6.06. The second-order valence-electron chi connectivity index (χ2n) is 7.26. The molecule has 1 heterocycles. The standard InChI is InChI=1S/C24H22N2O5/c1-30-21-12-5-4-10-19(21)25-22(27)15-31-24(29)17-13-23(28)26(14-17)20-11-6-8-16-7-2-3-9-18(16)20/h2-12,17H,13-15H2,1H3,(H,25,27)/t17-/m0/s1. The van der Waals surface area contributed by atoms with Crippen LogP contribution in [0.3, 0.4) is 0 Å². The second-order valence-corrected chi connectivity index (χ2v) is 7.26. The third kappa shape index (κ3) is 4.35. The smallest absolute Gasteiger partial charge is 0.311 e. The summed E-state index contributed by atoms with van der Waals surface area (Å²) in [6.45, 7) is -0.213. The number of nitrogens with zero attached hydrogens (tertiary/aromatic N) is 1. The topological polar surface area (TPSA) is 84.9 Å². The molecule has 3 aromatic carbocycles. The fourth-order valence-electron chi connectivity index (χ4n) is 3.73. The van der Waals surface area contributed by atoms with E-state index in [1.165, 1.54) is 7.11 Å². The molecule has 1 aliphatic rings. The lowest BCUT2D eigenvalue weighted by Crippen LogP contribution is -2.28. The number of esters is 1. The van der Waals surface area contributed by atoms with Crippen LogP contribution in [0.5, 0.6) is 5.75 Å². The van der Waals surface area contributed by atoms with Gasteiger partial charge >= 0.3 is 5.97 Å². The quantitative estimate of drug-likeness (QED) is 0.621. The summed E-state index contributed by atoms with van der Waals surface area (Å²) in [6.07, 6.45) is 0.0518. The summed E-state index contributed by atoms with van der Waals surface area (Å²) in [5.74, 6) is -1.30. The number of carbonyl (C=O) groups excluding carboxylic acids is 3.